The second-order valence-corrected chi connectivity index (χ2v) is 9.56. The Kier molecular flexibility index (Phi) is 8.08. The summed E-state index contributed by atoms with van der Waals surface area (Å²) in [5.74, 6) is -0.587. The van der Waals surface area contributed by atoms with Gasteiger partial charge >= 0.3 is 6.18 Å². The molecule has 0 saturated heterocycles. The smallest absolute Gasteiger partial charge is 0.374 e. The summed E-state index contributed by atoms with van der Waals surface area (Å²) in [7, 11) is -3.92. The van der Waals surface area contributed by atoms with E-state index in [0.717, 1.165) is 17.7 Å². The first-order valence-corrected chi connectivity index (χ1v) is 11.8. The summed E-state index contributed by atoms with van der Waals surface area (Å²) in [6.45, 7) is -0.0427. The quantitative estimate of drug-likeness (QED) is 0.254. The van der Waals surface area contributed by atoms with Crippen LogP contribution in [0.3, 0.4) is 0 Å². The largest absolute Gasteiger partial charge is 0.416 e. The topological polar surface area (TPSA) is 83.9 Å². The molecule has 0 spiro atoms. The summed E-state index contributed by atoms with van der Waals surface area (Å²) >= 11 is 0. The van der Waals surface area contributed by atoms with E-state index in [0.29, 0.717) is 11.1 Å². The summed E-state index contributed by atoms with van der Waals surface area (Å²) in [4.78, 5) is 11.0. The Balaban J connectivity index is 1.69. The maximum Gasteiger partial charge on any atom is 0.416 e. The second kappa shape index (κ2) is 10.8. The first-order chi connectivity index (χ1) is 16.1. The fourth-order valence-corrected chi connectivity index (χ4v) is 4.73. The number of ether oxygens (including phenoxy) is 1. The standard InChI is InChI=1S/C24H22F3NO5S/c25-24(26,27)21-10-6-19(7-11-21)20-8-12-23(13-9-20)34(31,32)16-22(28(30)17-29)15-33-14-18-4-2-1-3-5-18/h1-13,17,22,30H,14-16H2/t22-/m1/s1. The zero-order valence-corrected chi connectivity index (χ0v) is 18.7. The number of hydrogen-bond donors (Lipinski definition) is 1. The molecular weight excluding hydrogens is 471 g/mol. The molecule has 0 bridgehead atoms. The van der Waals surface area contributed by atoms with Crippen LogP contribution in [-0.2, 0) is 32.2 Å². The highest BCUT2D eigenvalue weighted by molar-refractivity contribution is 7.91. The molecule has 34 heavy (non-hydrogen) atoms. The van der Waals surface area contributed by atoms with Crippen molar-refractivity contribution < 1.29 is 36.3 Å². The fraction of sp³-hybridized carbons (Fsp3) is 0.208. The summed E-state index contributed by atoms with van der Waals surface area (Å²) in [5.41, 5.74) is 1.09. The first kappa shape index (κ1) is 25.4. The van der Waals surface area contributed by atoms with Gasteiger partial charge in [-0.15, -0.1) is 0 Å². The fourth-order valence-electron chi connectivity index (χ4n) is 3.23. The molecule has 0 aromatic heterocycles. The minimum Gasteiger partial charge on any atom is -0.374 e. The minimum atomic E-state index is -4.44. The van der Waals surface area contributed by atoms with Gasteiger partial charge in [0.2, 0.25) is 6.41 Å². The van der Waals surface area contributed by atoms with E-state index < -0.39 is 33.4 Å². The monoisotopic (exact) mass is 493 g/mol. The van der Waals surface area contributed by atoms with E-state index in [1.54, 1.807) is 0 Å². The normalized spacial score (nSPS) is 12.8. The van der Waals surface area contributed by atoms with Crippen molar-refractivity contribution in [3.63, 3.8) is 0 Å². The number of hydroxylamine groups is 2. The van der Waals surface area contributed by atoms with Crippen LogP contribution >= 0.6 is 0 Å². The van der Waals surface area contributed by atoms with Crippen LogP contribution in [0, 0.1) is 0 Å². The molecule has 3 aromatic rings. The number of halogens is 3. The lowest BCUT2D eigenvalue weighted by Gasteiger charge is -2.22. The Labute approximate surface area is 195 Å². The molecule has 0 heterocycles. The maximum absolute atomic E-state index is 12.9. The number of carbonyl (C=O) groups excluding carboxylic acids is 1. The van der Waals surface area contributed by atoms with Crippen molar-refractivity contribution in [3.8, 4) is 11.1 Å². The molecule has 0 saturated carbocycles. The number of nitrogens with zero attached hydrogens (tertiary/aromatic N) is 1. The summed E-state index contributed by atoms with van der Waals surface area (Å²) < 4.78 is 69.4. The molecular formula is C24H22F3NO5S. The predicted octanol–water partition coefficient (Wildman–Crippen LogP) is 4.58. The lowest BCUT2D eigenvalue weighted by molar-refractivity contribution is -0.163. The Hall–Kier alpha value is -3.21. The molecule has 0 aliphatic carbocycles. The van der Waals surface area contributed by atoms with Crippen molar-refractivity contribution in [2.24, 2.45) is 0 Å². The highest BCUT2D eigenvalue weighted by atomic mass is 32.2. The molecule has 6 nitrogen and oxygen atoms in total. The minimum absolute atomic E-state index is 0.0597. The van der Waals surface area contributed by atoms with Gasteiger partial charge < -0.3 is 4.74 Å². The number of alkyl halides is 3. The molecule has 0 aliphatic rings. The number of sulfone groups is 1. The van der Waals surface area contributed by atoms with E-state index in [9.17, 15) is 31.6 Å². The van der Waals surface area contributed by atoms with Crippen molar-refractivity contribution in [3.05, 3.63) is 90.0 Å². The molecule has 1 N–H and O–H groups in total. The van der Waals surface area contributed by atoms with Gasteiger partial charge in [-0.1, -0.05) is 54.6 Å². The van der Waals surface area contributed by atoms with E-state index in [4.69, 9.17) is 4.74 Å². The molecule has 1 amide bonds. The van der Waals surface area contributed by atoms with Crippen LogP contribution in [0.5, 0.6) is 0 Å². The Morgan fingerprint density at radius 1 is 0.912 bits per heavy atom. The Bertz CT molecular complexity index is 1180. The van der Waals surface area contributed by atoms with Gasteiger partial charge in [0.15, 0.2) is 9.84 Å². The third-order valence-electron chi connectivity index (χ3n) is 5.07. The zero-order chi connectivity index (χ0) is 24.8. The first-order valence-electron chi connectivity index (χ1n) is 10.1. The van der Waals surface area contributed by atoms with Gasteiger partial charge in [0.05, 0.1) is 35.5 Å². The highest BCUT2D eigenvalue weighted by Crippen LogP contribution is 2.31. The van der Waals surface area contributed by atoms with E-state index in [-0.39, 0.29) is 29.6 Å². The van der Waals surface area contributed by atoms with Crippen LogP contribution in [-0.4, -0.2) is 43.5 Å². The lowest BCUT2D eigenvalue weighted by atomic mass is 10.0. The zero-order valence-electron chi connectivity index (χ0n) is 17.9. The molecule has 180 valence electrons. The van der Waals surface area contributed by atoms with Gasteiger partial charge in [0.1, 0.15) is 0 Å². The number of hydrogen-bond acceptors (Lipinski definition) is 5. The molecule has 0 radical (unpaired) electrons. The number of rotatable bonds is 10. The van der Waals surface area contributed by atoms with Crippen LogP contribution in [0.1, 0.15) is 11.1 Å². The predicted molar refractivity (Wildman–Crippen MR) is 119 cm³/mol. The Morgan fingerprint density at radius 3 is 2.00 bits per heavy atom. The van der Waals surface area contributed by atoms with E-state index in [2.05, 4.69) is 0 Å². The molecule has 10 heteroatoms. The molecule has 0 aliphatic heterocycles. The van der Waals surface area contributed by atoms with Gasteiger partial charge in [-0.3, -0.25) is 10.0 Å². The van der Waals surface area contributed by atoms with Crippen molar-refractivity contribution >= 4 is 16.2 Å². The van der Waals surface area contributed by atoms with E-state index in [1.165, 1.54) is 36.4 Å². The summed E-state index contributed by atoms with van der Waals surface area (Å²) in [6.07, 6.45) is -4.33. The summed E-state index contributed by atoms with van der Waals surface area (Å²) in [6, 6.07) is 18.1. The van der Waals surface area contributed by atoms with Crippen LogP contribution < -0.4 is 0 Å². The molecule has 0 fully saturated rings. The van der Waals surface area contributed by atoms with E-state index in [1.807, 2.05) is 30.3 Å². The van der Waals surface area contributed by atoms with Crippen molar-refractivity contribution in [2.75, 3.05) is 12.4 Å². The third-order valence-corrected chi connectivity index (χ3v) is 6.89. The summed E-state index contributed by atoms with van der Waals surface area (Å²) in [5, 5.41) is 10.1. The number of amides is 1. The maximum atomic E-state index is 12.9. The van der Waals surface area contributed by atoms with Crippen LogP contribution in [0.15, 0.2) is 83.8 Å². The van der Waals surface area contributed by atoms with Crippen molar-refractivity contribution in [2.45, 2.75) is 23.7 Å². The molecule has 0 unspecified atom stereocenters. The van der Waals surface area contributed by atoms with Crippen LogP contribution in [0.25, 0.3) is 11.1 Å². The van der Waals surface area contributed by atoms with Gasteiger partial charge in [-0.05, 0) is 41.0 Å². The van der Waals surface area contributed by atoms with Gasteiger partial charge in [0.25, 0.3) is 0 Å². The average Bonchev–Trinajstić information content (AvgIpc) is 2.83. The van der Waals surface area contributed by atoms with Crippen LogP contribution in [0.4, 0.5) is 13.2 Å². The second-order valence-electron chi connectivity index (χ2n) is 7.52. The van der Waals surface area contributed by atoms with Gasteiger partial charge in [-0.2, -0.15) is 13.2 Å². The molecule has 3 rings (SSSR count). The number of carbonyl (C=O) groups is 1. The van der Waals surface area contributed by atoms with Gasteiger partial charge in [0, 0.05) is 0 Å². The Morgan fingerprint density at radius 2 is 1.47 bits per heavy atom. The van der Waals surface area contributed by atoms with Crippen LogP contribution in [0.2, 0.25) is 0 Å². The molecule has 1 atom stereocenters. The lowest BCUT2D eigenvalue weighted by Crippen LogP contribution is -2.40. The van der Waals surface area contributed by atoms with Crippen molar-refractivity contribution in [1.82, 2.24) is 5.06 Å². The third kappa shape index (κ3) is 6.66. The molecule has 3 aromatic carbocycles. The average molecular weight is 494 g/mol. The van der Waals surface area contributed by atoms with Crippen molar-refractivity contribution in [1.29, 1.82) is 0 Å². The highest BCUT2D eigenvalue weighted by Gasteiger charge is 2.30. The SMILES string of the molecule is O=CN(O)[C@H](COCc1ccccc1)CS(=O)(=O)c1ccc(-c2ccc(C(F)(F)F)cc2)cc1. The van der Waals surface area contributed by atoms with E-state index >= 15 is 0 Å². The number of benzene rings is 3. The van der Waals surface area contributed by atoms with Gasteiger partial charge in [-0.25, -0.2) is 13.5 Å².